The number of hydrogen-bond acceptors (Lipinski definition) is 5. The summed E-state index contributed by atoms with van der Waals surface area (Å²) in [6, 6.07) is 9.46. The Morgan fingerprint density at radius 3 is 2.46 bits per heavy atom. The van der Waals surface area contributed by atoms with Crippen LogP contribution < -0.4 is 15.6 Å². The molecule has 8 nitrogen and oxygen atoms in total. The lowest BCUT2D eigenvalue weighted by molar-refractivity contribution is -0.133. The van der Waals surface area contributed by atoms with E-state index in [4.69, 9.17) is 4.74 Å². The largest absolute Gasteiger partial charge is 0.497 e. The summed E-state index contributed by atoms with van der Waals surface area (Å²) in [7, 11) is 1.56. The average Bonchev–Trinajstić information content (AvgIpc) is 2.70. The maximum absolute atomic E-state index is 12.5. The van der Waals surface area contributed by atoms with Crippen LogP contribution in [0.15, 0.2) is 41.2 Å². The number of amides is 2. The highest BCUT2D eigenvalue weighted by molar-refractivity contribution is 6.02. The van der Waals surface area contributed by atoms with Crippen molar-refractivity contribution in [1.29, 1.82) is 0 Å². The molecule has 1 aliphatic rings. The fourth-order valence-electron chi connectivity index (χ4n) is 3.04. The van der Waals surface area contributed by atoms with E-state index in [1.54, 1.807) is 36.3 Å². The summed E-state index contributed by atoms with van der Waals surface area (Å²) in [5.41, 5.74) is 0.221. The number of anilines is 1. The molecule has 0 atom stereocenters. The normalized spacial score (nSPS) is 14.6. The Hall–Kier alpha value is -3.16. The van der Waals surface area contributed by atoms with Crippen molar-refractivity contribution >= 4 is 17.5 Å². The third-order valence-corrected chi connectivity index (χ3v) is 4.87. The second-order valence-electron chi connectivity index (χ2n) is 6.96. The zero-order valence-corrected chi connectivity index (χ0v) is 16.1. The number of aromatic nitrogens is 2. The molecule has 0 radical (unpaired) electrons. The van der Waals surface area contributed by atoms with E-state index in [1.807, 2.05) is 0 Å². The van der Waals surface area contributed by atoms with Gasteiger partial charge in [0, 0.05) is 24.8 Å². The molecule has 28 heavy (non-hydrogen) atoms. The van der Waals surface area contributed by atoms with E-state index in [2.05, 4.69) is 17.3 Å². The van der Waals surface area contributed by atoms with Crippen molar-refractivity contribution in [2.75, 3.05) is 25.5 Å². The quantitative estimate of drug-likeness (QED) is 0.848. The number of methoxy groups -OCH3 is 1. The van der Waals surface area contributed by atoms with Crippen molar-refractivity contribution in [3.05, 3.63) is 52.4 Å². The molecule has 0 spiro atoms. The molecule has 0 aliphatic carbocycles. The summed E-state index contributed by atoms with van der Waals surface area (Å²) >= 11 is 0. The number of carbonyl (C=O) groups excluding carboxylic acids is 2. The van der Waals surface area contributed by atoms with E-state index >= 15 is 0 Å². The molecule has 2 aromatic rings. The third kappa shape index (κ3) is 4.76. The van der Waals surface area contributed by atoms with Crippen molar-refractivity contribution < 1.29 is 14.3 Å². The predicted molar refractivity (Wildman–Crippen MR) is 104 cm³/mol. The van der Waals surface area contributed by atoms with Crippen LogP contribution in [0.2, 0.25) is 0 Å². The molecular weight excluding hydrogens is 360 g/mol. The Morgan fingerprint density at radius 2 is 1.82 bits per heavy atom. The minimum atomic E-state index is -0.460. The maximum atomic E-state index is 12.5. The molecule has 148 valence electrons. The van der Waals surface area contributed by atoms with Crippen LogP contribution >= 0.6 is 0 Å². The molecule has 0 saturated carbocycles. The molecule has 1 aliphatic heterocycles. The predicted octanol–water partition coefficient (Wildman–Crippen LogP) is 1.76. The molecule has 2 amide bonds. The molecule has 2 heterocycles. The van der Waals surface area contributed by atoms with Crippen LogP contribution in [0.4, 0.5) is 5.69 Å². The van der Waals surface area contributed by atoms with E-state index in [-0.39, 0.29) is 18.1 Å². The Bertz CT molecular complexity index is 899. The fraction of sp³-hybridized carbons (Fsp3) is 0.400. The average molecular weight is 384 g/mol. The smallest absolute Gasteiger partial charge is 0.276 e. The van der Waals surface area contributed by atoms with Gasteiger partial charge in [0.2, 0.25) is 5.91 Å². The number of nitrogens with zero attached hydrogens (tertiary/aromatic N) is 3. The summed E-state index contributed by atoms with van der Waals surface area (Å²) in [4.78, 5) is 38.7. The molecular formula is C20H24N4O4. The molecule has 3 rings (SSSR count). The zero-order valence-electron chi connectivity index (χ0n) is 16.1. The minimum absolute atomic E-state index is 0.0653. The van der Waals surface area contributed by atoms with Crippen LogP contribution in [-0.2, 0) is 11.3 Å². The first-order chi connectivity index (χ1) is 13.5. The highest BCUT2D eigenvalue weighted by Crippen LogP contribution is 2.17. The van der Waals surface area contributed by atoms with Crippen molar-refractivity contribution in [3.63, 3.8) is 0 Å². The molecule has 1 aromatic heterocycles. The number of carbonyl (C=O) groups is 2. The topological polar surface area (TPSA) is 93.5 Å². The minimum Gasteiger partial charge on any atom is -0.497 e. The second kappa shape index (κ2) is 8.69. The Labute approximate surface area is 163 Å². The molecule has 1 aromatic carbocycles. The summed E-state index contributed by atoms with van der Waals surface area (Å²) in [5.74, 6) is 0.664. The SMILES string of the molecule is COc1ccc(NC(=O)c2ccc(=O)n(CC(=O)N3CCC(C)CC3)n2)cc1. The van der Waals surface area contributed by atoms with E-state index in [1.165, 1.54) is 12.1 Å². The number of nitrogens with one attached hydrogen (secondary N) is 1. The van der Waals surface area contributed by atoms with Crippen LogP contribution in [0.25, 0.3) is 0 Å². The van der Waals surface area contributed by atoms with Crippen molar-refractivity contribution in [3.8, 4) is 5.75 Å². The maximum Gasteiger partial charge on any atom is 0.276 e. The molecule has 0 unspecified atom stereocenters. The number of piperidine rings is 1. The third-order valence-electron chi connectivity index (χ3n) is 4.87. The lowest BCUT2D eigenvalue weighted by Crippen LogP contribution is -2.41. The summed E-state index contributed by atoms with van der Waals surface area (Å²) < 4.78 is 6.13. The molecule has 0 bridgehead atoms. The van der Waals surface area contributed by atoms with Crippen LogP contribution in [-0.4, -0.2) is 46.7 Å². The van der Waals surface area contributed by atoms with E-state index in [9.17, 15) is 14.4 Å². The van der Waals surface area contributed by atoms with E-state index in [0.717, 1.165) is 17.5 Å². The van der Waals surface area contributed by atoms with Crippen LogP contribution in [0, 0.1) is 5.92 Å². The van der Waals surface area contributed by atoms with Gasteiger partial charge < -0.3 is 15.0 Å². The molecule has 1 N–H and O–H groups in total. The first kappa shape index (κ1) is 19.6. The van der Waals surface area contributed by atoms with Crippen molar-refractivity contribution in [2.45, 2.75) is 26.3 Å². The van der Waals surface area contributed by atoms with E-state index < -0.39 is 11.5 Å². The van der Waals surface area contributed by atoms with Crippen molar-refractivity contribution in [2.24, 2.45) is 5.92 Å². The number of rotatable bonds is 5. The van der Waals surface area contributed by atoms with E-state index in [0.29, 0.717) is 30.4 Å². The van der Waals surface area contributed by atoms with Gasteiger partial charge in [0.1, 0.15) is 18.0 Å². The number of hydrogen-bond donors (Lipinski definition) is 1. The molecule has 1 saturated heterocycles. The first-order valence-electron chi connectivity index (χ1n) is 9.27. The standard InChI is InChI=1S/C20H24N4O4/c1-14-9-11-23(12-10-14)19(26)13-24-18(25)8-7-17(22-24)20(27)21-15-3-5-16(28-2)6-4-15/h3-8,14H,9-13H2,1-2H3,(H,21,27). The van der Waals surface area contributed by atoms with Gasteiger partial charge in [-0.05, 0) is 49.1 Å². The lowest BCUT2D eigenvalue weighted by atomic mass is 9.99. The van der Waals surface area contributed by atoms with Gasteiger partial charge >= 0.3 is 0 Å². The highest BCUT2D eigenvalue weighted by Gasteiger charge is 2.21. The summed E-state index contributed by atoms with van der Waals surface area (Å²) in [6.07, 6.45) is 1.91. The Kier molecular flexibility index (Phi) is 6.08. The second-order valence-corrected chi connectivity index (χ2v) is 6.96. The van der Waals surface area contributed by atoms with Crippen LogP contribution in [0.1, 0.15) is 30.3 Å². The van der Waals surface area contributed by atoms with Gasteiger partial charge in [-0.1, -0.05) is 6.92 Å². The van der Waals surface area contributed by atoms with Gasteiger partial charge in [-0.15, -0.1) is 0 Å². The van der Waals surface area contributed by atoms with Gasteiger partial charge in [0.15, 0.2) is 0 Å². The van der Waals surface area contributed by atoms with Crippen LogP contribution in [0.5, 0.6) is 5.75 Å². The molecule has 1 fully saturated rings. The number of ether oxygens (including phenoxy) is 1. The van der Waals surface area contributed by atoms with Gasteiger partial charge in [-0.3, -0.25) is 14.4 Å². The zero-order chi connectivity index (χ0) is 20.1. The highest BCUT2D eigenvalue weighted by atomic mass is 16.5. The van der Waals surface area contributed by atoms with Gasteiger partial charge in [-0.2, -0.15) is 5.10 Å². The van der Waals surface area contributed by atoms with Gasteiger partial charge in [0.25, 0.3) is 11.5 Å². The monoisotopic (exact) mass is 384 g/mol. The fourth-order valence-corrected chi connectivity index (χ4v) is 3.04. The first-order valence-corrected chi connectivity index (χ1v) is 9.27. The van der Waals surface area contributed by atoms with Crippen molar-refractivity contribution in [1.82, 2.24) is 14.7 Å². The Morgan fingerprint density at radius 1 is 1.14 bits per heavy atom. The number of likely N-dealkylation sites (tertiary alicyclic amines) is 1. The Balaban J connectivity index is 1.68. The summed E-state index contributed by atoms with van der Waals surface area (Å²) in [6.45, 7) is 3.37. The summed E-state index contributed by atoms with van der Waals surface area (Å²) in [5, 5.41) is 6.78. The number of benzene rings is 1. The van der Waals surface area contributed by atoms with Gasteiger partial charge in [0.05, 0.1) is 7.11 Å². The lowest BCUT2D eigenvalue weighted by Gasteiger charge is -2.30. The molecule has 8 heteroatoms. The van der Waals surface area contributed by atoms with Gasteiger partial charge in [-0.25, -0.2) is 4.68 Å². The van der Waals surface area contributed by atoms with Crippen LogP contribution in [0.3, 0.4) is 0 Å².